The number of nitrogens with zero attached hydrogens (tertiary/aromatic N) is 1. The molecule has 1 aliphatic heterocycles. The molecule has 0 bridgehead atoms. The minimum atomic E-state index is -0.132. The molecule has 2 rings (SSSR count). The van der Waals surface area contributed by atoms with Gasteiger partial charge in [0, 0.05) is 44.6 Å². The van der Waals surface area contributed by atoms with E-state index in [2.05, 4.69) is 10.6 Å². The Labute approximate surface area is 142 Å². The van der Waals surface area contributed by atoms with Crippen molar-refractivity contribution in [2.24, 2.45) is 0 Å². The van der Waals surface area contributed by atoms with Gasteiger partial charge in [-0.1, -0.05) is 18.2 Å². The SMILES string of the molecule is O=C(CCCNC(=O)c1ccccc1)NCCC(=O)N1CCCC1. The van der Waals surface area contributed by atoms with Crippen LogP contribution < -0.4 is 10.6 Å². The molecule has 0 atom stereocenters. The van der Waals surface area contributed by atoms with Gasteiger partial charge in [-0.15, -0.1) is 0 Å². The van der Waals surface area contributed by atoms with Crippen molar-refractivity contribution in [3.05, 3.63) is 35.9 Å². The average Bonchev–Trinajstić information content (AvgIpc) is 3.14. The summed E-state index contributed by atoms with van der Waals surface area (Å²) in [5.74, 6) is -0.103. The number of benzene rings is 1. The van der Waals surface area contributed by atoms with Gasteiger partial charge in [0.15, 0.2) is 0 Å². The van der Waals surface area contributed by atoms with Crippen LogP contribution in [-0.2, 0) is 9.59 Å². The average molecular weight is 331 g/mol. The Morgan fingerprint density at radius 3 is 2.33 bits per heavy atom. The minimum Gasteiger partial charge on any atom is -0.356 e. The first-order valence-corrected chi connectivity index (χ1v) is 8.54. The van der Waals surface area contributed by atoms with Crippen LogP contribution in [0.4, 0.5) is 0 Å². The predicted molar refractivity (Wildman–Crippen MR) is 91.4 cm³/mol. The van der Waals surface area contributed by atoms with Crippen molar-refractivity contribution >= 4 is 17.7 Å². The second-order valence-electron chi connectivity index (χ2n) is 5.91. The van der Waals surface area contributed by atoms with E-state index >= 15 is 0 Å². The summed E-state index contributed by atoms with van der Waals surface area (Å²) < 4.78 is 0. The number of hydrogen-bond acceptors (Lipinski definition) is 3. The number of likely N-dealkylation sites (tertiary alicyclic amines) is 1. The Balaban J connectivity index is 1.52. The van der Waals surface area contributed by atoms with Gasteiger partial charge in [0.25, 0.3) is 5.91 Å². The number of rotatable bonds is 8. The molecule has 130 valence electrons. The Bertz CT molecular complexity index is 554. The first-order chi connectivity index (χ1) is 11.7. The van der Waals surface area contributed by atoms with Gasteiger partial charge in [-0.2, -0.15) is 0 Å². The number of carbonyl (C=O) groups is 3. The fourth-order valence-corrected chi connectivity index (χ4v) is 2.66. The molecule has 0 radical (unpaired) electrons. The predicted octanol–water partition coefficient (Wildman–Crippen LogP) is 1.33. The highest BCUT2D eigenvalue weighted by atomic mass is 16.2. The monoisotopic (exact) mass is 331 g/mol. The largest absolute Gasteiger partial charge is 0.356 e. The molecule has 1 fully saturated rings. The van der Waals surface area contributed by atoms with Gasteiger partial charge < -0.3 is 15.5 Å². The van der Waals surface area contributed by atoms with Gasteiger partial charge in [0.05, 0.1) is 0 Å². The molecule has 1 aromatic rings. The third kappa shape index (κ3) is 6.02. The quantitative estimate of drug-likeness (QED) is 0.705. The Hall–Kier alpha value is -2.37. The zero-order valence-electron chi connectivity index (χ0n) is 13.9. The maximum atomic E-state index is 11.8. The van der Waals surface area contributed by atoms with Crippen LogP contribution in [0.2, 0.25) is 0 Å². The lowest BCUT2D eigenvalue weighted by atomic mass is 10.2. The summed E-state index contributed by atoms with van der Waals surface area (Å²) in [5, 5.41) is 5.54. The zero-order chi connectivity index (χ0) is 17.2. The summed E-state index contributed by atoms with van der Waals surface area (Å²) >= 11 is 0. The van der Waals surface area contributed by atoms with E-state index in [1.165, 1.54) is 0 Å². The smallest absolute Gasteiger partial charge is 0.251 e. The molecule has 0 spiro atoms. The summed E-state index contributed by atoms with van der Waals surface area (Å²) in [6, 6.07) is 8.98. The fourth-order valence-electron chi connectivity index (χ4n) is 2.66. The molecule has 0 saturated carbocycles. The highest BCUT2D eigenvalue weighted by molar-refractivity contribution is 5.94. The third-order valence-corrected chi connectivity index (χ3v) is 4.02. The molecule has 0 unspecified atom stereocenters. The molecule has 1 saturated heterocycles. The normalized spacial score (nSPS) is 13.6. The van der Waals surface area contributed by atoms with Gasteiger partial charge >= 0.3 is 0 Å². The highest BCUT2D eigenvalue weighted by Crippen LogP contribution is 2.08. The molecule has 6 nitrogen and oxygen atoms in total. The number of amides is 3. The first-order valence-electron chi connectivity index (χ1n) is 8.54. The zero-order valence-corrected chi connectivity index (χ0v) is 13.9. The van der Waals surface area contributed by atoms with E-state index in [0.717, 1.165) is 25.9 Å². The Morgan fingerprint density at radius 2 is 1.62 bits per heavy atom. The van der Waals surface area contributed by atoms with Crippen LogP contribution >= 0.6 is 0 Å². The molecule has 1 heterocycles. The Kier molecular flexibility index (Phi) is 7.26. The fraction of sp³-hybridized carbons (Fsp3) is 0.500. The molecule has 1 aliphatic rings. The van der Waals surface area contributed by atoms with Gasteiger partial charge in [-0.05, 0) is 31.4 Å². The summed E-state index contributed by atoms with van der Waals surface area (Å²) in [5.41, 5.74) is 0.613. The van der Waals surface area contributed by atoms with Crippen LogP contribution in [0.5, 0.6) is 0 Å². The van der Waals surface area contributed by atoms with Crippen LogP contribution in [0.1, 0.15) is 42.5 Å². The lowest BCUT2D eigenvalue weighted by molar-refractivity contribution is -0.130. The van der Waals surface area contributed by atoms with Crippen molar-refractivity contribution in [3.8, 4) is 0 Å². The molecule has 2 N–H and O–H groups in total. The molecule has 24 heavy (non-hydrogen) atoms. The first kappa shape index (κ1) is 18.0. The second kappa shape index (κ2) is 9.70. The van der Waals surface area contributed by atoms with Crippen molar-refractivity contribution in [2.75, 3.05) is 26.2 Å². The maximum Gasteiger partial charge on any atom is 0.251 e. The van der Waals surface area contributed by atoms with Gasteiger partial charge in [-0.25, -0.2) is 0 Å². The summed E-state index contributed by atoms with van der Waals surface area (Å²) in [7, 11) is 0. The lowest BCUT2D eigenvalue weighted by Gasteiger charge is -2.15. The van der Waals surface area contributed by atoms with E-state index in [4.69, 9.17) is 0 Å². The van der Waals surface area contributed by atoms with Crippen LogP contribution in [-0.4, -0.2) is 48.8 Å². The number of nitrogens with one attached hydrogen (secondary N) is 2. The van der Waals surface area contributed by atoms with Crippen molar-refractivity contribution in [1.82, 2.24) is 15.5 Å². The molecular weight excluding hydrogens is 306 g/mol. The van der Waals surface area contributed by atoms with Gasteiger partial charge in [0.2, 0.25) is 11.8 Å². The molecule has 0 aromatic heterocycles. The Morgan fingerprint density at radius 1 is 0.917 bits per heavy atom. The molecule has 3 amide bonds. The van der Waals surface area contributed by atoms with Gasteiger partial charge in [0.1, 0.15) is 0 Å². The van der Waals surface area contributed by atoms with E-state index < -0.39 is 0 Å². The van der Waals surface area contributed by atoms with Gasteiger partial charge in [-0.3, -0.25) is 14.4 Å². The van der Waals surface area contributed by atoms with Crippen LogP contribution in [0.3, 0.4) is 0 Å². The standard InChI is InChI=1S/C18H25N3O3/c22-16(19-12-10-17(23)21-13-4-5-14-21)9-6-11-20-18(24)15-7-2-1-3-8-15/h1-3,7-8H,4-6,9-14H2,(H,19,22)(H,20,24). The molecular formula is C18H25N3O3. The molecule has 0 aliphatic carbocycles. The van der Waals surface area contributed by atoms with Crippen LogP contribution in [0, 0.1) is 0 Å². The second-order valence-corrected chi connectivity index (χ2v) is 5.91. The minimum absolute atomic E-state index is 0.0850. The number of carbonyl (C=O) groups excluding carboxylic acids is 3. The number of hydrogen-bond donors (Lipinski definition) is 2. The van der Waals surface area contributed by atoms with E-state index in [-0.39, 0.29) is 17.7 Å². The summed E-state index contributed by atoms with van der Waals surface area (Å²) in [4.78, 5) is 37.2. The van der Waals surface area contributed by atoms with E-state index in [0.29, 0.717) is 37.9 Å². The topological polar surface area (TPSA) is 78.5 Å². The van der Waals surface area contributed by atoms with Crippen molar-refractivity contribution in [3.63, 3.8) is 0 Å². The van der Waals surface area contributed by atoms with Crippen LogP contribution in [0.15, 0.2) is 30.3 Å². The van der Waals surface area contributed by atoms with Crippen molar-refractivity contribution in [2.45, 2.75) is 32.1 Å². The van der Waals surface area contributed by atoms with Crippen molar-refractivity contribution in [1.29, 1.82) is 0 Å². The molecule has 1 aromatic carbocycles. The summed E-state index contributed by atoms with van der Waals surface area (Å²) in [6.45, 7) is 2.51. The third-order valence-electron chi connectivity index (χ3n) is 4.02. The molecule has 6 heteroatoms. The van der Waals surface area contributed by atoms with Crippen molar-refractivity contribution < 1.29 is 14.4 Å². The maximum absolute atomic E-state index is 11.8. The van der Waals surface area contributed by atoms with E-state index in [9.17, 15) is 14.4 Å². The van der Waals surface area contributed by atoms with Crippen LogP contribution in [0.25, 0.3) is 0 Å². The van der Waals surface area contributed by atoms with E-state index in [1.54, 1.807) is 12.1 Å². The van der Waals surface area contributed by atoms with E-state index in [1.807, 2.05) is 23.1 Å². The lowest BCUT2D eigenvalue weighted by Crippen LogP contribution is -2.33. The highest BCUT2D eigenvalue weighted by Gasteiger charge is 2.17. The summed E-state index contributed by atoms with van der Waals surface area (Å²) in [6.07, 6.45) is 3.42.